The van der Waals surface area contributed by atoms with Crippen molar-refractivity contribution in [1.82, 2.24) is 0 Å². The van der Waals surface area contributed by atoms with Crippen LogP contribution >= 0.6 is 0 Å². The van der Waals surface area contributed by atoms with E-state index in [-0.39, 0.29) is 11.1 Å². The zero-order valence-corrected chi connectivity index (χ0v) is 12.8. The number of aliphatic hydroxyl groups excluding tert-OH is 1. The molecule has 17 heavy (non-hydrogen) atoms. The summed E-state index contributed by atoms with van der Waals surface area (Å²) in [6, 6.07) is 0. The fraction of sp³-hybridized carbons (Fsp3) is 0.857. The molecule has 1 rings (SSSR count). The molecule has 1 aliphatic heterocycles. The van der Waals surface area contributed by atoms with E-state index >= 15 is 0 Å². The monoisotopic (exact) mass is 254 g/mol. The molecule has 0 aromatic rings. The fourth-order valence-electron chi connectivity index (χ4n) is 1.51. The van der Waals surface area contributed by atoms with Crippen LogP contribution in [0.5, 0.6) is 0 Å². The summed E-state index contributed by atoms with van der Waals surface area (Å²) >= 11 is 0. The highest BCUT2D eigenvalue weighted by molar-refractivity contribution is 6.87. The molecule has 0 bridgehead atoms. The van der Waals surface area contributed by atoms with Crippen molar-refractivity contribution in [2.75, 3.05) is 6.61 Å². The van der Waals surface area contributed by atoms with E-state index in [1.165, 1.54) is 0 Å². The average molecular weight is 254 g/mol. The molecule has 98 valence electrons. The van der Waals surface area contributed by atoms with Gasteiger partial charge in [-0.15, -0.1) is 5.54 Å². The molecule has 3 heteroatoms. The highest BCUT2D eigenvalue weighted by Gasteiger charge is 2.34. The van der Waals surface area contributed by atoms with Gasteiger partial charge in [0.05, 0.1) is 6.10 Å². The Kier molecular flexibility index (Phi) is 4.83. The normalized spacial score (nSPS) is 26.9. The van der Waals surface area contributed by atoms with E-state index in [1.54, 1.807) is 0 Å². The lowest BCUT2D eigenvalue weighted by molar-refractivity contribution is 0.00906. The summed E-state index contributed by atoms with van der Waals surface area (Å²) in [6.07, 6.45) is 2.22. The minimum Gasteiger partial charge on any atom is -0.389 e. The maximum atomic E-state index is 9.94. The van der Waals surface area contributed by atoms with E-state index < -0.39 is 14.2 Å². The van der Waals surface area contributed by atoms with Crippen LogP contribution in [-0.4, -0.2) is 32.0 Å². The molecule has 1 heterocycles. The largest absolute Gasteiger partial charge is 0.389 e. The third-order valence-electron chi connectivity index (χ3n) is 3.94. The average Bonchev–Trinajstić information content (AvgIpc) is 2.38. The van der Waals surface area contributed by atoms with Crippen molar-refractivity contribution < 1.29 is 9.84 Å². The Morgan fingerprint density at radius 2 is 1.88 bits per heavy atom. The molecule has 0 amide bonds. The van der Waals surface area contributed by atoms with Gasteiger partial charge in [0.25, 0.3) is 0 Å². The maximum Gasteiger partial charge on any atom is 0.143 e. The van der Waals surface area contributed by atoms with Gasteiger partial charge in [0.15, 0.2) is 0 Å². The van der Waals surface area contributed by atoms with Crippen LogP contribution < -0.4 is 0 Å². The quantitative estimate of drug-likeness (QED) is 0.532. The van der Waals surface area contributed by atoms with Crippen LogP contribution in [0.1, 0.15) is 40.0 Å². The van der Waals surface area contributed by atoms with Crippen LogP contribution in [-0.2, 0) is 4.74 Å². The second-order valence-electron chi connectivity index (χ2n) is 6.50. The smallest absolute Gasteiger partial charge is 0.143 e. The summed E-state index contributed by atoms with van der Waals surface area (Å²) in [4.78, 5) is 0. The van der Waals surface area contributed by atoms with Gasteiger partial charge >= 0.3 is 0 Å². The molecule has 0 radical (unpaired) electrons. The Labute approximate surface area is 107 Å². The SMILES string of the molecule is CC(C)(C)[Si](C)(C)C#C[C@H]1OCCCC[C@@H]1O. The van der Waals surface area contributed by atoms with Crippen LogP contribution in [0.3, 0.4) is 0 Å². The van der Waals surface area contributed by atoms with Gasteiger partial charge in [-0.25, -0.2) is 0 Å². The molecule has 0 spiro atoms. The molecule has 0 aromatic heterocycles. The predicted octanol–water partition coefficient (Wildman–Crippen LogP) is 2.97. The Morgan fingerprint density at radius 1 is 1.24 bits per heavy atom. The summed E-state index contributed by atoms with van der Waals surface area (Å²) in [5.74, 6) is 3.20. The number of hydrogen-bond donors (Lipinski definition) is 1. The summed E-state index contributed by atoms with van der Waals surface area (Å²) in [5.41, 5.74) is 3.43. The molecule has 0 aromatic carbocycles. The first-order valence-corrected chi connectivity index (χ1v) is 9.56. The first kappa shape index (κ1) is 14.8. The Morgan fingerprint density at radius 3 is 2.47 bits per heavy atom. The van der Waals surface area contributed by atoms with Crippen molar-refractivity contribution in [2.24, 2.45) is 0 Å². The maximum absolute atomic E-state index is 9.94. The van der Waals surface area contributed by atoms with E-state index in [0.29, 0.717) is 0 Å². The first-order valence-electron chi connectivity index (χ1n) is 6.56. The van der Waals surface area contributed by atoms with E-state index in [2.05, 4.69) is 45.3 Å². The van der Waals surface area contributed by atoms with Crippen molar-refractivity contribution in [1.29, 1.82) is 0 Å². The van der Waals surface area contributed by atoms with Crippen molar-refractivity contribution in [3.8, 4) is 11.5 Å². The van der Waals surface area contributed by atoms with Gasteiger partial charge in [0.1, 0.15) is 14.2 Å². The van der Waals surface area contributed by atoms with Gasteiger partial charge in [-0.3, -0.25) is 0 Å². The molecule has 0 saturated carbocycles. The molecule has 1 N–H and O–H groups in total. The molecule has 1 aliphatic rings. The fourth-order valence-corrected chi connectivity index (χ4v) is 2.38. The second kappa shape index (κ2) is 5.56. The van der Waals surface area contributed by atoms with Gasteiger partial charge in [-0.05, 0) is 24.3 Å². The number of ether oxygens (including phenoxy) is 1. The highest BCUT2D eigenvalue weighted by atomic mass is 28.3. The van der Waals surface area contributed by atoms with Crippen molar-refractivity contribution >= 4 is 8.07 Å². The van der Waals surface area contributed by atoms with Gasteiger partial charge in [0.2, 0.25) is 0 Å². The highest BCUT2D eigenvalue weighted by Crippen LogP contribution is 2.35. The third kappa shape index (κ3) is 4.13. The topological polar surface area (TPSA) is 29.5 Å². The number of hydrogen-bond acceptors (Lipinski definition) is 2. The van der Waals surface area contributed by atoms with E-state index in [1.807, 2.05) is 0 Å². The van der Waals surface area contributed by atoms with Crippen LogP contribution in [0.2, 0.25) is 18.1 Å². The Hall–Kier alpha value is -0.303. The predicted molar refractivity (Wildman–Crippen MR) is 74.6 cm³/mol. The molecular weight excluding hydrogens is 228 g/mol. The van der Waals surface area contributed by atoms with Crippen molar-refractivity contribution in [2.45, 2.75) is 70.4 Å². The molecule has 1 saturated heterocycles. The lowest BCUT2D eigenvalue weighted by atomic mass is 10.1. The van der Waals surface area contributed by atoms with E-state index in [9.17, 15) is 5.11 Å². The molecule has 1 fully saturated rings. The zero-order chi connectivity index (χ0) is 13.1. The molecular formula is C14H26O2Si. The molecule has 0 unspecified atom stereocenters. The standard InChI is InChI=1S/C14H26O2Si/c1-14(2,3)17(4,5)11-9-13-12(15)8-6-7-10-16-13/h12-13,15H,6-8,10H2,1-5H3/t12-,13+/m0/s1. The Balaban J connectivity index is 2.76. The first-order chi connectivity index (χ1) is 7.74. The molecule has 0 aliphatic carbocycles. The van der Waals surface area contributed by atoms with Gasteiger partial charge < -0.3 is 9.84 Å². The summed E-state index contributed by atoms with van der Waals surface area (Å²) in [6.45, 7) is 12.0. The van der Waals surface area contributed by atoms with Crippen LogP contribution in [0.25, 0.3) is 0 Å². The summed E-state index contributed by atoms with van der Waals surface area (Å²) in [5, 5.41) is 10.2. The lowest BCUT2D eigenvalue weighted by Crippen LogP contribution is -2.36. The van der Waals surface area contributed by atoms with Crippen molar-refractivity contribution in [3.63, 3.8) is 0 Å². The van der Waals surface area contributed by atoms with Crippen LogP contribution in [0.4, 0.5) is 0 Å². The van der Waals surface area contributed by atoms with E-state index in [4.69, 9.17) is 4.74 Å². The van der Waals surface area contributed by atoms with Gasteiger partial charge in [0, 0.05) is 6.61 Å². The molecule has 2 atom stereocenters. The number of aliphatic hydroxyl groups is 1. The zero-order valence-electron chi connectivity index (χ0n) is 11.8. The lowest BCUT2D eigenvalue weighted by Gasteiger charge is -2.31. The van der Waals surface area contributed by atoms with Crippen LogP contribution in [0, 0.1) is 11.5 Å². The summed E-state index contributed by atoms with van der Waals surface area (Å²) in [7, 11) is -1.59. The van der Waals surface area contributed by atoms with E-state index in [0.717, 1.165) is 25.9 Å². The van der Waals surface area contributed by atoms with Gasteiger partial charge in [-0.2, -0.15) is 0 Å². The summed E-state index contributed by atoms with van der Waals surface area (Å²) < 4.78 is 5.62. The van der Waals surface area contributed by atoms with Gasteiger partial charge in [-0.1, -0.05) is 39.8 Å². The minimum absolute atomic E-state index is 0.260. The van der Waals surface area contributed by atoms with Crippen molar-refractivity contribution in [3.05, 3.63) is 0 Å². The number of rotatable bonds is 0. The minimum atomic E-state index is -1.59. The third-order valence-corrected chi connectivity index (χ3v) is 8.46. The molecule has 2 nitrogen and oxygen atoms in total. The second-order valence-corrected chi connectivity index (χ2v) is 11.5. The Bertz CT molecular complexity index is 306. The van der Waals surface area contributed by atoms with Crippen LogP contribution in [0.15, 0.2) is 0 Å².